The van der Waals surface area contributed by atoms with Crippen LogP contribution < -0.4 is 21.1 Å². The summed E-state index contributed by atoms with van der Waals surface area (Å²) in [7, 11) is 0. The third-order valence-electron chi connectivity index (χ3n) is 6.28. The molecule has 0 aliphatic carbocycles. The molecule has 0 bridgehead atoms. The molecule has 2 aromatic carbocycles. The van der Waals surface area contributed by atoms with Crippen LogP contribution in [-0.4, -0.2) is 28.7 Å². The largest absolute Gasteiger partial charge is 0.485 e. The van der Waals surface area contributed by atoms with E-state index >= 15 is 0 Å². The number of hydrogen-bond donors (Lipinski definition) is 2. The Morgan fingerprint density at radius 1 is 1.09 bits per heavy atom. The molecule has 32 heavy (non-hydrogen) atoms. The maximum Gasteiger partial charge on any atom is 0.228 e. The Hall–Kier alpha value is -3.05. The molecule has 0 amide bonds. The van der Waals surface area contributed by atoms with E-state index in [0.717, 1.165) is 11.3 Å². The Labute approximate surface area is 195 Å². The van der Waals surface area contributed by atoms with Gasteiger partial charge in [0.1, 0.15) is 23.2 Å². The van der Waals surface area contributed by atoms with Gasteiger partial charge in [0.25, 0.3) is 0 Å². The molecule has 3 aromatic rings. The van der Waals surface area contributed by atoms with E-state index in [-0.39, 0.29) is 17.6 Å². The maximum absolute atomic E-state index is 9.76. The normalized spacial score (nSPS) is 18.8. The van der Waals surface area contributed by atoms with Crippen molar-refractivity contribution in [3.8, 4) is 22.9 Å². The summed E-state index contributed by atoms with van der Waals surface area (Å²) in [4.78, 5) is 11.0. The first kappa shape index (κ1) is 20.8. The predicted molar refractivity (Wildman–Crippen MR) is 125 cm³/mol. The number of fused-ring (bicyclic) bond motifs is 1. The molecule has 1 saturated heterocycles. The number of nitrogen functional groups attached to an aromatic ring is 1. The van der Waals surface area contributed by atoms with Crippen LogP contribution >= 0.6 is 23.2 Å². The number of nitrogens with two attached hydrogens (primary N) is 2. The first-order chi connectivity index (χ1) is 15.4. The fraction of sp³-hybridized carbons (Fsp3) is 0.261. The monoisotopic (exact) mass is 466 g/mol. The Morgan fingerprint density at radius 3 is 2.56 bits per heavy atom. The van der Waals surface area contributed by atoms with Gasteiger partial charge < -0.3 is 21.1 Å². The third kappa shape index (κ3) is 3.23. The lowest BCUT2D eigenvalue weighted by atomic mass is 9.83. The summed E-state index contributed by atoms with van der Waals surface area (Å²) in [6.07, 6.45) is 1.41. The van der Waals surface area contributed by atoms with Gasteiger partial charge in [-0.15, -0.1) is 0 Å². The zero-order valence-corrected chi connectivity index (χ0v) is 18.6. The van der Waals surface area contributed by atoms with E-state index in [1.165, 1.54) is 0 Å². The van der Waals surface area contributed by atoms with Crippen LogP contribution in [0.15, 0.2) is 42.5 Å². The molecular formula is C23H20Cl2N6O. The highest BCUT2D eigenvalue weighted by Gasteiger charge is 2.48. The highest BCUT2D eigenvalue weighted by atomic mass is 35.5. The van der Waals surface area contributed by atoms with Crippen LogP contribution in [-0.2, 0) is 0 Å². The topological polar surface area (TPSA) is 114 Å². The van der Waals surface area contributed by atoms with Crippen molar-refractivity contribution in [2.45, 2.75) is 24.5 Å². The quantitative estimate of drug-likeness (QED) is 0.577. The van der Waals surface area contributed by atoms with Crippen molar-refractivity contribution in [2.24, 2.45) is 5.73 Å². The molecule has 7 nitrogen and oxygen atoms in total. The minimum absolute atomic E-state index is 0.151. The minimum atomic E-state index is -0.446. The van der Waals surface area contributed by atoms with Gasteiger partial charge in [-0.05, 0) is 12.1 Å². The number of halogens is 2. The number of hydrogen-bond acceptors (Lipinski definition) is 7. The van der Waals surface area contributed by atoms with Crippen LogP contribution in [0.1, 0.15) is 30.1 Å². The molecule has 2 aliphatic rings. The molecule has 2 aliphatic heterocycles. The van der Waals surface area contributed by atoms with E-state index in [9.17, 15) is 5.26 Å². The van der Waals surface area contributed by atoms with Gasteiger partial charge in [0, 0.05) is 37.1 Å². The van der Waals surface area contributed by atoms with Gasteiger partial charge in [-0.1, -0.05) is 53.5 Å². The highest BCUT2D eigenvalue weighted by molar-refractivity contribution is 6.43. The first-order valence-corrected chi connectivity index (χ1v) is 11.0. The van der Waals surface area contributed by atoms with Gasteiger partial charge in [-0.3, -0.25) is 0 Å². The SMILES string of the molecule is N#Cc1nc(N2CCC3(CC2)Oc2ccccc2[C@H]3N)nc(N)c1-c1cccc(Cl)c1Cl. The lowest BCUT2D eigenvalue weighted by Gasteiger charge is -2.41. The van der Waals surface area contributed by atoms with Crippen LogP contribution in [0, 0.1) is 11.3 Å². The number of ether oxygens (including phenoxy) is 1. The number of aromatic nitrogens is 2. The lowest BCUT2D eigenvalue weighted by molar-refractivity contribution is 0.0429. The summed E-state index contributed by atoms with van der Waals surface area (Å²) in [5, 5.41) is 10.4. The number of rotatable bonds is 2. The van der Waals surface area contributed by atoms with Crippen molar-refractivity contribution < 1.29 is 4.74 Å². The second kappa shape index (κ2) is 7.82. The zero-order valence-electron chi connectivity index (χ0n) is 17.1. The summed E-state index contributed by atoms with van der Waals surface area (Å²) in [6, 6.07) is 15.0. The summed E-state index contributed by atoms with van der Waals surface area (Å²) >= 11 is 12.5. The molecule has 162 valence electrons. The summed E-state index contributed by atoms with van der Waals surface area (Å²) in [6.45, 7) is 1.26. The molecule has 0 saturated carbocycles. The van der Waals surface area contributed by atoms with Crippen molar-refractivity contribution in [1.82, 2.24) is 9.97 Å². The molecule has 4 N–H and O–H groups in total. The van der Waals surface area contributed by atoms with E-state index in [0.29, 0.717) is 53.1 Å². The molecule has 5 rings (SSSR count). The Balaban J connectivity index is 1.42. The lowest BCUT2D eigenvalue weighted by Crippen LogP contribution is -2.51. The number of benzene rings is 2. The molecule has 3 heterocycles. The van der Waals surface area contributed by atoms with E-state index in [2.05, 4.69) is 16.0 Å². The van der Waals surface area contributed by atoms with E-state index in [1.54, 1.807) is 18.2 Å². The number of piperidine rings is 1. The number of nitriles is 1. The van der Waals surface area contributed by atoms with E-state index in [4.69, 9.17) is 39.4 Å². The first-order valence-electron chi connectivity index (χ1n) is 10.2. The number of anilines is 2. The van der Waals surface area contributed by atoms with Gasteiger partial charge in [0.05, 0.1) is 21.7 Å². The maximum atomic E-state index is 9.76. The van der Waals surface area contributed by atoms with Crippen molar-refractivity contribution in [1.29, 1.82) is 5.26 Å². The molecule has 1 fully saturated rings. The third-order valence-corrected chi connectivity index (χ3v) is 7.10. The predicted octanol–water partition coefficient (Wildman–Crippen LogP) is 4.34. The molecule has 1 aromatic heterocycles. The fourth-order valence-corrected chi connectivity index (χ4v) is 4.94. The minimum Gasteiger partial charge on any atom is -0.485 e. The molecular weight excluding hydrogens is 447 g/mol. The van der Waals surface area contributed by atoms with Gasteiger partial charge in [0.15, 0.2) is 5.69 Å². The van der Waals surface area contributed by atoms with Gasteiger partial charge >= 0.3 is 0 Å². The average molecular weight is 467 g/mol. The van der Waals surface area contributed by atoms with Gasteiger partial charge in [0.2, 0.25) is 5.95 Å². The average Bonchev–Trinajstić information content (AvgIpc) is 3.07. The summed E-state index contributed by atoms with van der Waals surface area (Å²) in [5.74, 6) is 1.43. The van der Waals surface area contributed by atoms with Crippen LogP contribution in [0.2, 0.25) is 10.0 Å². The zero-order chi connectivity index (χ0) is 22.5. The molecule has 0 unspecified atom stereocenters. The van der Waals surface area contributed by atoms with Crippen LogP contribution in [0.5, 0.6) is 5.75 Å². The smallest absolute Gasteiger partial charge is 0.228 e. The Morgan fingerprint density at radius 2 is 1.84 bits per heavy atom. The highest BCUT2D eigenvalue weighted by Crippen LogP contribution is 2.47. The van der Waals surface area contributed by atoms with Gasteiger partial charge in [-0.2, -0.15) is 10.2 Å². The van der Waals surface area contributed by atoms with Crippen molar-refractivity contribution in [3.63, 3.8) is 0 Å². The fourth-order valence-electron chi connectivity index (χ4n) is 4.55. The van der Waals surface area contributed by atoms with Gasteiger partial charge in [-0.25, -0.2) is 4.98 Å². The number of para-hydroxylation sites is 1. The second-order valence-corrected chi connectivity index (χ2v) is 8.80. The summed E-state index contributed by atoms with van der Waals surface area (Å²) in [5.41, 5.74) is 14.5. The summed E-state index contributed by atoms with van der Waals surface area (Å²) < 4.78 is 6.31. The van der Waals surface area contributed by atoms with Crippen LogP contribution in [0.4, 0.5) is 11.8 Å². The molecule has 1 atom stereocenters. The number of nitrogens with zero attached hydrogens (tertiary/aromatic N) is 4. The van der Waals surface area contributed by atoms with E-state index in [1.807, 2.05) is 29.2 Å². The van der Waals surface area contributed by atoms with Crippen LogP contribution in [0.25, 0.3) is 11.1 Å². The van der Waals surface area contributed by atoms with Crippen LogP contribution in [0.3, 0.4) is 0 Å². The second-order valence-electron chi connectivity index (χ2n) is 8.02. The molecule has 9 heteroatoms. The Bertz CT molecular complexity index is 1250. The van der Waals surface area contributed by atoms with Crippen molar-refractivity contribution in [3.05, 3.63) is 63.8 Å². The van der Waals surface area contributed by atoms with Crippen molar-refractivity contribution >= 4 is 35.0 Å². The molecule has 0 radical (unpaired) electrons. The van der Waals surface area contributed by atoms with Crippen molar-refractivity contribution in [2.75, 3.05) is 23.7 Å². The Kier molecular flexibility index (Phi) is 5.09. The van der Waals surface area contributed by atoms with E-state index < -0.39 is 5.60 Å². The standard InChI is InChI=1S/C23H20Cl2N6O/c24-15-6-3-5-14(19(15)25)18-16(12-26)29-22(30-21(18)28)31-10-8-23(9-11-31)20(27)13-4-1-2-7-17(13)32-23/h1-7,20H,8-11,27H2,(H2,28,29,30)/t20-/m1/s1. The molecule has 1 spiro atoms.